The maximum absolute atomic E-state index is 4.09. The first-order valence-corrected chi connectivity index (χ1v) is 8.68. The molecule has 1 unspecified atom stereocenters. The molecule has 0 bridgehead atoms. The number of nitrogens with one attached hydrogen (secondary N) is 1. The summed E-state index contributed by atoms with van der Waals surface area (Å²) in [7, 11) is 0. The van der Waals surface area contributed by atoms with Crippen LogP contribution in [0.3, 0.4) is 0 Å². The lowest BCUT2D eigenvalue weighted by molar-refractivity contribution is 0.574. The van der Waals surface area contributed by atoms with Crippen molar-refractivity contribution in [1.82, 2.24) is 24.4 Å². The van der Waals surface area contributed by atoms with Crippen LogP contribution in [0.15, 0.2) is 86.0 Å². The molecule has 4 rings (SSSR count). The van der Waals surface area contributed by atoms with Gasteiger partial charge in [-0.05, 0) is 42.3 Å². The molecule has 0 aliphatic carbocycles. The topological polar surface area (TPSA) is 47.7 Å². The molecule has 1 N–H and O–H groups in total. The molecule has 2 aromatic carbocycles. The predicted molar refractivity (Wildman–Crippen MR) is 110 cm³/mol. The lowest BCUT2D eigenvalue weighted by Crippen LogP contribution is -2.18. The van der Waals surface area contributed by atoms with Gasteiger partial charge < -0.3 is 14.5 Å². The van der Waals surface area contributed by atoms with E-state index in [1.807, 2.05) is 34.2 Å². The number of rotatable bonds is 6. The Morgan fingerprint density at radius 2 is 1.33 bits per heavy atom. The third-order valence-corrected chi connectivity index (χ3v) is 4.55. The van der Waals surface area contributed by atoms with E-state index in [1.54, 1.807) is 12.4 Å². The molecule has 6 heteroatoms. The number of imidazole rings is 2. The minimum atomic E-state index is 0. The summed E-state index contributed by atoms with van der Waals surface area (Å²) < 4.78 is 4.01. The molecular weight excluding hydrogens is 358 g/mol. The first-order valence-electron chi connectivity index (χ1n) is 8.68. The molecule has 0 saturated carbocycles. The molecule has 2 aromatic heterocycles. The Kier molecular flexibility index (Phi) is 6.06. The molecule has 0 amide bonds. The number of nitrogens with zero attached hydrogens (tertiary/aromatic N) is 4. The smallest absolute Gasteiger partial charge is 0.0991 e. The Balaban J connectivity index is 0.00000210. The van der Waals surface area contributed by atoms with Gasteiger partial charge in [0.05, 0.1) is 12.7 Å². The maximum Gasteiger partial charge on any atom is 0.0991 e. The van der Waals surface area contributed by atoms with Gasteiger partial charge in [0.1, 0.15) is 0 Å². The highest BCUT2D eigenvalue weighted by atomic mass is 35.5. The first kappa shape index (κ1) is 18.9. The summed E-state index contributed by atoms with van der Waals surface area (Å²) in [5.74, 6) is 0. The number of hydrogen-bond acceptors (Lipinski definition) is 3. The van der Waals surface area contributed by atoms with Crippen LogP contribution < -0.4 is 5.32 Å². The summed E-state index contributed by atoms with van der Waals surface area (Å²) in [4.78, 5) is 8.17. The van der Waals surface area contributed by atoms with Crippen molar-refractivity contribution in [2.75, 3.05) is 0 Å². The van der Waals surface area contributed by atoms with Crippen molar-refractivity contribution < 1.29 is 0 Å². The maximum atomic E-state index is 4.09. The summed E-state index contributed by atoms with van der Waals surface area (Å²) in [5.41, 5.74) is 4.77. The molecule has 0 fully saturated rings. The van der Waals surface area contributed by atoms with Crippen molar-refractivity contribution in [1.29, 1.82) is 0 Å². The molecule has 0 saturated heterocycles. The Morgan fingerprint density at radius 3 is 1.81 bits per heavy atom. The van der Waals surface area contributed by atoms with Crippen LogP contribution in [-0.2, 0) is 6.54 Å². The van der Waals surface area contributed by atoms with Crippen LogP contribution in [0.1, 0.15) is 24.1 Å². The van der Waals surface area contributed by atoms with Gasteiger partial charge in [0.25, 0.3) is 0 Å². The van der Waals surface area contributed by atoms with E-state index in [0.29, 0.717) is 0 Å². The van der Waals surface area contributed by atoms with E-state index in [2.05, 4.69) is 70.7 Å². The molecule has 138 valence electrons. The molecule has 4 aromatic rings. The first-order chi connectivity index (χ1) is 12.8. The molecular formula is C21H22ClN5. The van der Waals surface area contributed by atoms with E-state index in [4.69, 9.17) is 0 Å². The van der Waals surface area contributed by atoms with Crippen LogP contribution in [0, 0.1) is 0 Å². The largest absolute Gasteiger partial charge is 0.306 e. The molecule has 0 radical (unpaired) electrons. The molecule has 2 heterocycles. The van der Waals surface area contributed by atoms with Crippen molar-refractivity contribution in [3.05, 3.63) is 97.1 Å². The third-order valence-electron chi connectivity index (χ3n) is 4.55. The summed E-state index contributed by atoms with van der Waals surface area (Å²) in [6.45, 7) is 3.01. The van der Waals surface area contributed by atoms with Gasteiger partial charge in [-0.2, -0.15) is 0 Å². The molecule has 27 heavy (non-hydrogen) atoms. The average molecular weight is 380 g/mol. The highest BCUT2D eigenvalue weighted by Gasteiger charge is 2.06. The second-order valence-corrected chi connectivity index (χ2v) is 6.30. The summed E-state index contributed by atoms with van der Waals surface area (Å²) >= 11 is 0. The molecule has 0 spiro atoms. The van der Waals surface area contributed by atoms with Crippen molar-refractivity contribution in [2.45, 2.75) is 19.5 Å². The van der Waals surface area contributed by atoms with Crippen LogP contribution in [0.4, 0.5) is 0 Å². The lowest BCUT2D eigenvalue weighted by Gasteiger charge is -2.15. The minimum Gasteiger partial charge on any atom is -0.306 e. The summed E-state index contributed by atoms with van der Waals surface area (Å²) in [6, 6.07) is 17.4. The fourth-order valence-electron chi connectivity index (χ4n) is 2.93. The highest BCUT2D eigenvalue weighted by molar-refractivity contribution is 5.85. The normalized spacial score (nSPS) is 11.7. The minimum absolute atomic E-state index is 0. The van der Waals surface area contributed by atoms with Gasteiger partial charge in [-0.1, -0.05) is 24.3 Å². The van der Waals surface area contributed by atoms with Crippen LogP contribution in [0.25, 0.3) is 11.4 Å². The van der Waals surface area contributed by atoms with Crippen molar-refractivity contribution >= 4 is 12.4 Å². The van der Waals surface area contributed by atoms with E-state index in [0.717, 1.165) is 17.9 Å². The van der Waals surface area contributed by atoms with Gasteiger partial charge in [0.15, 0.2) is 0 Å². The van der Waals surface area contributed by atoms with Crippen molar-refractivity contribution in [3.8, 4) is 11.4 Å². The number of halogens is 1. The standard InChI is InChI=1S/C21H21N5.ClH/c1-17(19-4-8-21(9-5-19)26-13-11-23-16-26)24-14-18-2-6-20(7-3-18)25-12-10-22-15-25;/h2-13,15-17,24H,14H2,1H3;1H. The monoisotopic (exact) mass is 379 g/mol. The van der Waals surface area contributed by atoms with E-state index in [-0.39, 0.29) is 18.4 Å². The second-order valence-electron chi connectivity index (χ2n) is 6.30. The van der Waals surface area contributed by atoms with Crippen LogP contribution in [-0.4, -0.2) is 19.1 Å². The summed E-state index contributed by atoms with van der Waals surface area (Å²) in [5, 5.41) is 3.59. The Bertz CT molecular complexity index is 929. The van der Waals surface area contributed by atoms with Crippen molar-refractivity contribution in [3.63, 3.8) is 0 Å². The summed E-state index contributed by atoms with van der Waals surface area (Å²) in [6.07, 6.45) is 11.1. The quantitative estimate of drug-likeness (QED) is 0.542. The van der Waals surface area contributed by atoms with Crippen molar-refractivity contribution in [2.24, 2.45) is 0 Å². The zero-order valence-electron chi connectivity index (χ0n) is 15.1. The molecule has 5 nitrogen and oxygen atoms in total. The Morgan fingerprint density at radius 1 is 0.815 bits per heavy atom. The number of hydrogen-bond donors (Lipinski definition) is 1. The van der Waals surface area contributed by atoms with Gasteiger partial charge in [-0.25, -0.2) is 9.97 Å². The average Bonchev–Trinajstić information content (AvgIpc) is 3.40. The fourth-order valence-corrected chi connectivity index (χ4v) is 2.93. The SMILES string of the molecule is CC(NCc1ccc(-n2ccnc2)cc1)c1ccc(-n2ccnc2)cc1.Cl. The van der Waals surface area contributed by atoms with E-state index in [9.17, 15) is 0 Å². The van der Waals surface area contributed by atoms with E-state index < -0.39 is 0 Å². The van der Waals surface area contributed by atoms with E-state index >= 15 is 0 Å². The van der Waals surface area contributed by atoms with Crippen LogP contribution in [0.5, 0.6) is 0 Å². The lowest BCUT2D eigenvalue weighted by atomic mass is 10.1. The number of benzene rings is 2. The molecule has 1 atom stereocenters. The van der Waals surface area contributed by atoms with E-state index in [1.165, 1.54) is 11.1 Å². The van der Waals surface area contributed by atoms with Gasteiger partial charge in [0.2, 0.25) is 0 Å². The zero-order valence-corrected chi connectivity index (χ0v) is 15.9. The predicted octanol–water partition coefficient (Wildman–Crippen LogP) is 4.33. The van der Waals surface area contributed by atoms with Crippen LogP contribution in [0.2, 0.25) is 0 Å². The van der Waals surface area contributed by atoms with Gasteiger partial charge in [0, 0.05) is 48.7 Å². The van der Waals surface area contributed by atoms with Crippen LogP contribution >= 0.6 is 12.4 Å². The Hall–Kier alpha value is -2.89. The second kappa shape index (κ2) is 8.66. The Labute approximate surface area is 165 Å². The molecule has 0 aliphatic rings. The molecule has 0 aliphatic heterocycles. The van der Waals surface area contributed by atoms with Gasteiger partial charge >= 0.3 is 0 Å². The van der Waals surface area contributed by atoms with Gasteiger partial charge in [-0.3, -0.25) is 0 Å². The zero-order chi connectivity index (χ0) is 17.8. The van der Waals surface area contributed by atoms with Gasteiger partial charge in [-0.15, -0.1) is 12.4 Å². The third kappa shape index (κ3) is 4.45. The fraction of sp³-hybridized carbons (Fsp3) is 0.143. The highest BCUT2D eigenvalue weighted by Crippen LogP contribution is 2.17. The number of aromatic nitrogens is 4.